The number of amides is 2. The standard InChI is InChI=1S/C39H43FN6O5/c1-25-33(39(49)46(30-21-41-42(2)23-30)28-9-12-37(47)35(40)18-28)20-36(43(25)3)34-19-31(50-4)10-11-32(34)38(48)45-22-27-8-6-5-7-26(27)17-29(45)24-44-13-15-51-16-14-44/h5-12,18-21,29-30,47H,13-17,22-24H2,1-4H3/t29-,30?/m0/s1. The number of phenolic OH excluding ortho intramolecular Hbond substituents is 1. The Bertz CT molecular complexity index is 1990. The molecule has 3 aromatic carbocycles. The zero-order chi connectivity index (χ0) is 35.8. The highest BCUT2D eigenvalue weighted by Crippen LogP contribution is 2.36. The molecule has 4 heterocycles. The Labute approximate surface area is 297 Å². The van der Waals surface area contributed by atoms with Gasteiger partial charge in [0.2, 0.25) is 0 Å². The maximum Gasteiger partial charge on any atom is 0.260 e. The van der Waals surface area contributed by atoms with Gasteiger partial charge in [0.1, 0.15) is 5.75 Å². The van der Waals surface area contributed by atoms with Gasteiger partial charge in [-0.25, -0.2) is 4.39 Å². The number of carbonyl (C=O) groups is 2. The van der Waals surface area contributed by atoms with Crippen LogP contribution in [0.4, 0.5) is 10.1 Å². The second kappa shape index (κ2) is 14.2. The van der Waals surface area contributed by atoms with Crippen molar-refractivity contribution in [1.82, 2.24) is 19.4 Å². The summed E-state index contributed by atoms with van der Waals surface area (Å²) in [4.78, 5) is 35.2. The lowest BCUT2D eigenvalue weighted by molar-refractivity contribution is 0.0193. The predicted molar refractivity (Wildman–Crippen MR) is 193 cm³/mol. The van der Waals surface area contributed by atoms with E-state index in [4.69, 9.17) is 9.47 Å². The van der Waals surface area contributed by atoms with Gasteiger partial charge in [0.25, 0.3) is 11.8 Å². The Hall–Kier alpha value is -5.20. The molecule has 51 heavy (non-hydrogen) atoms. The van der Waals surface area contributed by atoms with Crippen LogP contribution in [0.1, 0.15) is 37.5 Å². The van der Waals surface area contributed by atoms with Crippen molar-refractivity contribution < 1.29 is 28.6 Å². The smallest absolute Gasteiger partial charge is 0.260 e. The van der Waals surface area contributed by atoms with Gasteiger partial charge in [0, 0.05) is 86.8 Å². The van der Waals surface area contributed by atoms with E-state index < -0.39 is 17.6 Å². The molecule has 1 unspecified atom stereocenters. The van der Waals surface area contributed by atoms with Crippen LogP contribution >= 0.6 is 0 Å². The molecule has 0 radical (unpaired) electrons. The molecule has 1 fully saturated rings. The number of anilines is 1. The van der Waals surface area contributed by atoms with E-state index in [-0.39, 0.29) is 17.9 Å². The SMILES string of the molecule is COc1ccc(C(=O)N2Cc3ccccc3C[C@H]2CN2CCOCC2)c(-c2cc(C(=O)N(c3ccc(O)c(F)c3)C3C=NN(C)C3)c(C)n2C)c1. The number of halogens is 1. The first-order valence-electron chi connectivity index (χ1n) is 17.2. The van der Waals surface area contributed by atoms with Crippen LogP contribution in [0, 0.1) is 12.7 Å². The molecule has 4 aromatic rings. The van der Waals surface area contributed by atoms with Gasteiger partial charge < -0.3 is 24.0 Å². The van der Waals surface area contributed by atoms with Crippen LogP contribution in [0.2, 0.25) is 0 Å². The van der Waals surface area contributed by atoms with Crippen LogP contribution < -0.4 is 9.64 Å². The largest absolute Gasteiger partial charge is 0.505 e. The summed E-state index contributed by atoms with van der Waals surface area (Å²) in [5.74, 6) is -1.21. The lowest BCUT2D eigenvalue weighted by atomic mass is 9.92. The van der Waals surface area contributed by atoms with Crippen molar-refractivity contribution in [2.24, 2.45) is 12.1 Å². The van der Waals surface area contributed by atoms with Gasteiger partial charge in [-0.2, -0.15) is 5.10 Å². The molecule has 3 aliphatic rings. The Morgan fingerprint density at radius 2 is 1.78 bits per heavy atom. The highest BCUT2D eigenvalue weighted by Gasteiger charge is 2.35. The van der Waals surface area contributed by atoms with Gasteiger partial charge in [0.05, 0.1) is 38.5 Å². The summed E-state index contributed by atoms with van der Waals surface area (Å²) < 4.78 is 27.8. The molecule has 0 aliphatic carbocycles. The zero-order valence-electron chi connectivity index (χ0n) is 29.4. The van der Waals surface area contributed by atoms with Gasteiger partial charge in [-0.3, -0.25) is 24.4 Å². The minimum Gasteiger partial charge on any atom is -0.505 e. The average molecular weight is 695 g/mol. The van der Waals surface area contributed by atoms with Gasteiger partial charge >= 0.3 is 0 Å². The fraction of sp³-hybridized carbons (Fsp3) is 0.359. The number of rotatable bonds is 8. The van der Waals surface area contributed by atoms with E-state index in [2.05, 4.69) is 28.2 Å². The number of nitrogens with zero attached hydrogens (tertiary/aromatic N) is 6. The number of benzene rings is 3. The lowest BCUT2D eigenvalue weighted by Crippen LogP contribution is -2.52. The van der Waals surface area contributed by atoms with Gasteiger partial charge in [0.15, 0.2) is 11.6 Å². The summed E-state index contributed by atoms with van der Waals surface area (Å²) >= 11 is 0. The molecule has 266 valence electrons. The molecule has 11 nitrogen and oxygen atoms in total. The third-order valence-electron chi connectivity index (χ3n) is 10.3. The fourth-order valence-corrected chi connectivity index (χ4v) is 7.39. The second-order valence-electron chi connectivity index (χ2n) is 13.5. The lowest BCUT2D eigenvalue weighted by Gasteiger charge is -2.40. The van der Waals surface area contributed by atoms with Gasteiger partial charge in [-0.15, -0.1) is 0 Å². The summed E-state index contributed by atoms with van der Waals surface area (Å²) in [6.07, 6.45) is 2.41. The van der Waals surface area contributed by atoms with Crippen molar-refractivity contribution >= 4 is 23.7 Å². The summed E-state index contributed by atoms with van der Waals surface area (Å²) in [6.45, 7) is 6.49. The summed E-state index contributed by atoms with van der Waals surface area (Å²) in [7, 11) is 5.25. The molecule has 0 spiro atoms. The molecule has 2 atom stereocenters. The van der Waals surface area contributed by atoms with Crippen LogP contribution in [-0.2, 0) is 24.8 Å². The number of methoxy groups -OCH3 is 1. The van der Waals surface area contributed by atoms with E-state index in [0.29, 0.717) is 65.8 Å². The number of likely N-dealkylation sites (N-methyl/N-ethyl adjacent to an activating group) is 1. The van der Waals surface area contributed by atoms with E-state index in [1.165, 1.54) is 22.6 Å². The number of fused-ring (bicyclic) bond motifs is 1. The molecule has 0 bridgehead atoms. The Balaban J connectivity index is 1.28. The Kier molecular flexibility index (Phi) is 9.54. The number of phenols is 1. The minimum atomic E-state index is -0.828. The topological polar surface area (TPSA) is 103 Å². The van der Waals surface area contributed by atoms with Gasteiger partial charge in [-0.1, -0.05) is 24.3 Å². The van der Waals surface area contributed by atoms with Gasteiger partial charge in [-0.05, 0) is 60.9 Å². The summed E-state index contributed by atoms with van der Waals surface area (Å²) in [5.41, 5.74) is 5.54. The van der Waals surface area contributed by atoms with Crippen molar-refractivity contribution in [2.75, 3.05) is 58.5 Å². The van der Waals surface area contributed by atoms with Crippen molar-refractivity contribution in [2.45, 2.75) is 32.0 Å². The number of aromatic nitrogens is 1. The van der Waals surface area contributed by atoms with E-state index >= 15 is 0 Å². The fourth-order valence-electron chi connectivity index (χ4n) is 7.39. The van der Waals surface area contributed by atoms with E-state index in [1.807, 2.05) is 41.6 Å². The molecule has 0 saturated carbocycles. The Morgan fingerprint density at radius 1 is 1.02 bits per heavy atom. The third kappa shape index (κ3) is 6.68. The molecule has 2 amide bonds. The summed E-state index contributed by atoms with van der Waals surface area (Å²) in [5, 5.41) is 15.9. The first kappa shape index (κ1) is 34.3. The second-order valence-corrected chi connectivity index (χ2v) is 13.5. The molecule has 3 aliphatic heterocycles. The van der Waals surface area contributed by atoms with Crippen LogP contribution in [0.25, 0.3) is 11.3 Å². The van der Waals surface area contributed by atoms with Crippen molar-refractivity contribution in [3.63, 3.8) is 0 Å². The van der Waals surface area contributed by atoms with Crippen LogP contribution in [-0.4, -0.2) is 108 Å². The van der Waals surface area contributed by atoms with E-state index in [0.717, 1.165) is 37.7 Å². The maximum atomic E-state index is 14.8. The predicted octanol–water partition coefficient (Wildman–Crippen LogP) is 4.70. The maximum absolute atomic E-state index is 14.8. The zero-order valence-corrected chi connectivity index (χ0v) is 29.4. The summed E-state index contributed by atoms with van der Waals surface area (Å²) in [6, 6.07) is 18.9. The monoisotopic (exact) mass is 694 g/mol. The van der Waals surface area contributed by atoms with Crippen molar-refractivity contribution in [3.8, 4) is 22.8 Å². The highest BCUT2D eigenvalue weighted by molar-refractivity contribution is 6.11. The molecular weight excluding hydrogens is 651 g/mol. The number of aromatic hydroxyl groups is 1. The number of hydrogen-bond acceptors (Lipinski definition) is 8. The number of morpholine rings is 1. The van der Waals surface area contributed by atoms with Crippen LogP contribution in [0.15, 0.2) is 71.8 Å². The number of hydrazone groups is 1. The number of ether oxygens (including phenoxy) is 2. The first-order chi connectivity index (χ1) is 24.6. The first-order valence-corrected chi connectivity index (χ1v) is 17.2. The minimum absolute atomic E-state index is 0.0433. The number of hydrogen-bond donors (Lipinski definition) is 1. The molecule has 12 heteroatoms. The Morgan fingerprint density at radius 3 is 2.49 bits per heavy atom. The van der Waals surface area contributed by atoms with E-state index in [9.17, 15) is 19.1 Å². The quantitative estimate of drug-likeness (QED) is 0.286. The molecular formula is C39H43FN6O5. The molecule has 1 N–H and O–H groups in total. The number of carbonyl (C=O) groups excluding carboxylic acids is 2. The average Bonchev–Trinajstić information content (AvgIpc) is 3.70. The van der Waals surface area contributed by atoms with Crippen molar-refractivity contribution in [1.29, 1.82) is 0 Å². The normalized spacial score (nSPS) is 18.9. The highest BCUT2D eigenvalue weighted by atomic mass is 19.1. The van der Waals surface area contributed by atoms with Crippen LogP contribution in [0.3, 0.4) is 0 Å². The van der Waals surface area contributed by atoms with E-state index in [1.54, 1.807) is 37.5 Å². The van der Waals surface area contributed by atoms with Crippen molar-refractivity contribution in [3.05, 3.63) is 100 Å². The third-order valence-corrected chi connectivity index (χ3v) is 10.3. The van der Waals surface area contributed by atoms with Crippen LogP contribution in [0.5, 0.6) is 11.5 Å². The molecule has 7 rings (SSSR count). The molecule has 1 aromatic heterocycles. The molecule has 1 saturated heterocycles.